The van der Waals surface area contributed by atoms with E-state index in [2.05, 4.69) is 20.4 Å². The molecular weight excluding hydrogens is 394 g/mol. The van der Waals surface area contributed by atoms with E-state index in [0.29, 0.717) is 19.6 Å². The number of aromatic nitrogens is 2. The van der Waals surface area contributed by atoms with Crippen molar-refractivity contribution >= 4 is 6.09 Å². The second-order valence-electron chi connectivity index (χ2n) is 8.84. The summed E-state index contributed by atoms with van der Waals surface area (Å²) >= 11 is 0. The highest BCUT2D eigenvalue weighted by molar-refractivity contribution is 5.68. The average molecular weight is 420 g/mol. The zero-order valence-electron chi connectivity index (χ0n) is 17.2. The van der Waals surface area contributed by atoms with Crippen molar-refractivity contribution in [2.24, 2.45) is 0 Å². The van der Waals surface area contributed by atoms with Crippen molar-refractivity contribution in [3.8, 4) is 0 Å². The third kappa shape index (κ3) is 4.46. The molecule has 3 atom stereocenters. The predicted octanol–water partition coefficient (Wildman–Crippen LogP) is 3.43. The minimum absolute atomic E-state index is 0.00129. The lowest BCUT2D eigenvalue weighted by atomic mass is 9.92. The van der Waals surface area contributed by atoms with E-state index in [0.717, 1.165) is 36.0 Å². The fourth-order valence-electron chi connectivity index (χ4n) is 4.05. The molecule has 3 heterocycles. The molecule has 0 spiro atoms. The van der Waals surface area contributed by atoms with Crippen LogP contribution in [0.25, 0.3) is 0 Å². The molecule has 0 radical (unpaired) electrons. The smallest absolute Gasteiger partial charge is 0.407 e. The summed E-state index contributed by atoms with van der Waals surface area (Å²) in [5.41, 5.74) is 1.60. The van der Waals surface area contributed by atoms with Crippen LogP contribution in [0.3, 0.4) is 0 Å². The molecule has 1 aromatic carbocycles. The number of amides is 1. The lowest BCUT2D eigenvalue weighted by Gasteiger charge is -2.40. The van der Waals surface area contributed by atoms with Crippen molar-refractivity contribution in [1.29, 1.82) is 0 Å². The first kappa shape index (κ1) is 20.7. The van der Waals surface area contributed by atoms with E-state index in [1.165, 1.54) is 0 Å². The molecule has 1 saturated heterocycles. The van der Waals surface area contributed by atoms with Gasteiger partial charge in [0.05, 0.1) is 24.5 Å². The summed E-state index contributed by atoms with van der Waals surface area (Å²) in [6, 6.07) is 2.68. The van der Waals surface area contributed by atoms with E-state index in [9.17, 15) is 13.6 Å². The Balaban J connectivity index is 1.53. The van der Waals surface area contributed by atoms with Crippen LogP contribution >= 0.6 is 0 Å². The third-order valence-corrected chi connectivity index (χ3v) is 5.38. The number of halogens is 2. The standard InChI is InChI=1S/C21H26F2N4O3/c1-21(2,3)30-20(28)25-17-7-14(27-9-12-8-24-26-18(12)10-27)11-29-19(17)15-6-13(22)4-5-16(15)23/h4-6,8,14,17,19H,7,9-11H2,1-3H3,(H,24,26)(H,25,28)/t14-,17+,19?/m1/s1. The fraction of sp³-hybridized carbons (Fsp3) is 0.524. The van der Waals surface area contributed by atoms with Crippen molar-refractivity contribution in [2.45, 2.75) is 64.1 Å². The normalized spacial score (nSPS) is 24.5. The largest absolute Gasteiger partial charge is 0.444 e. The number of rotatable bonds is 3. The first-order chi connectivity index (χ1) is 14.2. The Morgan fingerprint density at radius 2 is 2.13 bits per heavy atom. The highest BCUT2D eigenvalue weighted by Gasteiger charge is 2.39. The van der Waals surface area contributed by atoms with Crippen LogP contribution < -0.4 is 5.32 Å². The van der Waals surface area contributed by atoms with E-state index < -0.39 is 35.5 Å². The number of fused-ring (bicyclic) bond motifs is 1. The summed E-state index contributed by atoms with van der Waals surface area (Å²) in [4.78, 5) is 14.7. The summed E-state index contributed by atoms with van der Waals surface area (Å²) in [6.45, 7) is 7.05. The van der Waals surface area contributed by atoms with Gasteiger partial charge in [-0.15, -0.1) is 0 Å². The lowest BCUT2D eigenvalue weighted by Crippen LogP contribution is -2.52. The van der Waals surface area contributed by atoms with Gasteiger partial charge in [-0.3, -0.25) is 10.00 Å². The monoisotopic (exact) mass is 420 g/mol. The van der Waals surface area contributed by atoms with Crippen molar-refractivity contribution in [2.75, 3.05) is 6.61 Å². The molecule has 1 unspecified atom stereocenters. The maximum atomic E-state index is 14.5. The molecule has 0 aliphatic carbocycles. The van der Waals surface area contributed by atoms with Crippen LogP contribution in [-0.4, -0.2) is 45.5 Å². The van der Waals surface area contributed by atoms with Gasteiger partial charge in [-0.2, -0.15) is 5.10 Å². The quantitative estimate of drug-likeness (QED) is 0.796. The van der Waals surface area contributed by atoms with Crippen molar-refractivity contribution < 1.29 is 23.0 Å². The van der Waals surface area contributed by atoms with Crippen LogP contribution in [-0.2, 0) is 22.6 Å². The van der Waals surface area contributed by atoms with Crippen molar-refractivity contribution in [3.05, 3.63) is 52.9 Å². The molecule has 2 N–H and O–H groups in total. The first-order valence-corrected chi connectivity index (χ1v) is 10.0. The summed E-state index contributed by atoms with van der Waals surface area (Å²) in [6.07, 6.45) is 0.888. The number of ether oxygens (including phenoxy) is 2. The number of alkyl carbamates (subject to hydrolysis) is 1. The number of nitrogens with zero attached hydrogens (tertiary/aromatic N) is 2. The molecule has 0 saturated carbocycles. The molecule has 1 aromatic heterocycles. The second-order valence-corrected chi connectivity index (χ2v) is 8.84. The number of nitrogens with one attached hydrogen (secondary N) is 2. The van der Waals surface area contributed by atoms with Gasteiger partial charge in [0.2, 0.25) is 0 Å². The molecule has 162 valence electrons. The highest BCUT2D eigenvalue weighted by atomic mass is 19.1. The molecule has 1 amide bonds. The van der Waals surface area contributed by atoms with Crippen LogP contribution in [0.2, 0.25) is 0 Å². The number of hydrogen-bond acceptors (Lipinski definition) is 5. The summed E-state index contributed by atoms with van der Waals surface area (Å²) in [5, 5.41) is 9.86. The van der Waals surface area contributed by atoms with Gasteiger partial charge >= 0.3 is 6.09 Å². The molecule has 4 rings (SSSR count). The number of aromatic amines is 1. The van der Waals surface area contributed by atoms with Gasteiger partial charge in [0, 0.05) is 30.3 Å². The summed E-state index contributed by atoms with van der Waals surface area (Å²) in [7, 11) is 0. The molecule has 0 bridgehead atoms. The molecule has 30 heavy (non-hydrogen) atoms. The van der Waals surface area contributed by atoms with Crippen LogP contribution in [0.4, 0.5) is 13.6 Å². The van der Waals surface area contributed by atoms with Crippen LogP contribution in [0.15, 0.2) is 24.4 Å². The maximum absolute atomic E-state index is 14.5. The second kappa shape index (κ2) is 7.96. The van der Waals surface area contributed by atoms with Gasteiger partial charge in [0.15, 0.2) is 0 Å². The molecule has 2 aliphatic rings. The Labute approximate surface area is 173 Å². The van der Waals surface area contributed by atoms with Gasteiger partial charge in [0.25, 0.3) is 0 Å². The molecule has 9 heteroatoms. The Morgan fingerprint density at radius 3 is 2.87 bits per heavy atom. The molecule has 2 aliphatic heterocycles. The Kier molecular flexibility index (Phi) is 5.50. The Hall–Kier alpha value is -2.52. The molecule has 2 aromatic rings. The lowest BCUT2D eigenvalue weighted by molar-refractivity contribution is -0.0628. The van der Waals surface area contributed by atoms with E-state index >= 15 is 0 Å². The maximum Gasteiger partial charge on any atom is 0.407 e. The number of carbonyl (C=O) groups is 1. The van der Waals surface area contributed by atoms with Gasteiger partial charge < -0.3 is 14.8 Å². The summed E-state index contributed by atoms with van der Waals surface area (Å²) in [5.74, 6) is -1.13. The summed E-state index contributed by atoms with van der Waals surface area (Å²) < 4.78 is 39.6. The van der Waals surface area contributed by atoms with Gasteiger partial charge in [-0.25, -0.2) is 13.6 Å². The number of H-pyrrole nitrogens is 1. The van der Waals surface area contributed by atoms with Gasteiger partial charge in [0.1, 0.15) is 23.3 Å². The van der Waals surface area contributed by atoms with E-state index in [1.807, 2.05) is 0 Å². The van der Waals surface area contributed by atoms with E-state index in [1.54, 1.807) is 27.0 Å². The average Bonchev–Trinajstić information content (AvgIpc) is 3.24. The Bertz CT molecular complexity index is 907. The molecular formula is C21H26F2N4O3. The highest BCUT2D eigenvalue weighted by Crippen LogP contribution is 2.35. The third-order valence-electron chi connectivity index (χ3n) is 5.38. The van der Waals surface area contributed by atoms with Crippen LogP contribution in [0.5, 0.6) is 0 Å². The van der Waals surface area contributed by atoms with E-state index in [4.69, 9.17) is 9.47 Å². The zero-order chi connectivity index (χ0) is 21.5. The topological polar surface area (TPSA) is 79.5 Å². The van der Waals surface area contributed by atoms with Gasteiger partial charge in [-0.05, 0) is 45.4 Å². The fourth-order valence-corrected chi connectivity index (χ4v) is 4.05. The Morgan fingerprint density at radius 1 is 1.33 bits per heavy atom. The zero-order valence-corrected chi connectivity index (χ0v) is 17.2. The minimum Gasteiger partial charge on any atom is -0.444 e. The number of carbonyl (C=O) groups excluding carboxylic acids is 1. The minimum atomic E-state index is -0.813. The van der Waals surface area contributed by atoms with Crippen LogP contribution in [0, 0.1) is 11.6 Å². The molecule has 7 nitrogen and oxygen atoms in total. The van der Waals surface area contributed by atoms with Crippen LogP contribution in [0.1, 0.15) is 50.1 Å². The van der Waals surface area contributed by atoms with E-state index in [-0.39, 0.29) is 11.6 Å². The molecule has 1 fully saturated rings. The number of benzene rings is 1. The predicted molar refractivity (Wildman–Crippen MR) is 104 cm³/mol. The number of hydrogen-bond donors (Lipinski definition) is 2. The van der Waals surface area contributed by atoms with Crippen molar-refractivity contribution in [3.63, 3.8) is 0 Å². The van der Waals surface area contributed by atoms with Crippen molar-refractivity contribution in [1.82, 2.24) is 20.4 Å². The van der Waals surface area contributed by atoms with Gasteiger partial charge in [-0.1, -0.05) is 0 Å². The SMILES string of the molecule is CC(C)(C)OC(=O)N[C@H]1C[C@@H](N2Cc3cn[nH]c3C2)COC1c1cc(F)ccc1F. The first-order valence-electron chi connectivity index (χ1n) is 10.0.